The highest BCUT2D eigenvalue weighted by atomic mass is 16.6. The monoisotopic (exact) mass is 389 g/mol. The van der Waals surface area contributed by atoms with Crippen molar-refractivity contribution in [3.05, 3.63) is 83.0 Å². The Balaban J connectivity index is 1.45. The summed E-state index contributed by atoms with van der Waals surface area (Å²) >= 11 is 0. The van der Waals surface area contributed by atoms with Crippen LogP contribution in [-0.2, 0) is 0 Å². The maximum atomic E-state index is 11.6. The van der Waals surface area contributed by atoms with E-state index in [0.29, 0.717) is 22.3 Å². The zero-order chi connectivity index (χ0) is 20.2. The second-order valence-corrected chi connectivity index (χ2v) is 6.61. The van der Waals surface area contributed by atoms with E-state index in [-0.39, 0.29) is 18.8 Å². The van der Waals surface area contributed by atoms with Crippen LogP contribution in [0.25, 0.3) is 21.7 Å². The van der Waals surface area contributed by atoms with E-state index in [2.05, 4.69) is 10.3 Å². The van der Waals surface area contributed by atoms with Gasteiger partial charge in [0.2, 0.25) is 0 Å². The number of rotatable bonds is 7. The molecule has 4 rings (SSSR count). The van der Waals surface area contributed by atoms with Gasteiger partial charge in [0.1, 0.15) is 24.1 Å². The number of nitro benzene ring substituents is 1. The van der Waals surface area contributed by atoms with E-state index in [1.165, 1.54) is 0 Å². The fourth-order valence-corrected chi connectivity index (χ4v) is 3.27. The van der Waals surface area contributed by atoms with Crippen molar-refractivity contribution in [1.29, 1.82) is 0 Å². The summed E-state index contributed by atoms with van der Waals surface area (Å²) in [7, 11) is 0. The number of anilines is 1. The van der Waals surface area contributed by atoms with Crippen LogP contribution in [0, 0.1) is 10.1 Å². The van der Waals surface area contributed by atoms with E-state index in [9.17, 15) is 15.2 Å². The Hall–Kier alpha value is -3.71. The minimum Gasteiger partial charge on any atom is -0.490 e. The standard InChI is InChI=1S/C22H19N3O4/c26-16(14-29-21-9-3-6-15-5-1-2-7-17(15)21)13-24-20-11-10-19-18(8-4-12-23-19)22(20)25(27)28/h1-12,16,24,26H,13-14H2. The number of aliphatic hydroxyl groups excluding tert-OH is 1. The average Bonchev–Trinajstić information content (AvgIpc) is 2.75. The number of nitrogens with one attached hydrogen (secondary N) is 1. The second-order valence-electron chi connectivity index (χ2n) is 6.61. The molecular weight excluding hydrogens is 370 g/mol. The summed E-state index contributed by atoms with van der Waals surface area (Å²) in [4.78, 5) is 15.3. The van der Waals surface area contributed by atoms with Gasteiger partial charge in [-0.1, -0.05) is 36.4 Å². The number of benzene rings is 3. The molecule has 7 nitrogen and oxygen atoms in total. The second kappa shape index (κ2) is 8.12. The van der Waals surface area contributed by atoms with E-state index in [1.807, 2.05) is 42.5 Å². The third-order valence-corrected chi connectivity index (χ3v) is 4.65. The van der Waals surface area contributed by atoms with E-state index in [0.717, 1.165) is 10.8 Å². The van der Waals surface area contributed by atoms with Crippen molar-refractivity contribution < 1.29 is 14.8 Å². The molecule has 1 atom stereocenters. The van der Waals surface area contributed by atoms with Gasteiger partial charge in [-0.2, -0.15) is 0 Å². The smallest absolute Gasteiger partial charge is 0.301 e. The Bertz CT molecular complexity index is 1170. The van der Waals surface area contributed by atoms with Gasteiger partial charge in [-0.3, -0.25) is 15.1 Å². The van der Waals surface area contributed by atoms with Crippen LogP contribution in [0.15, 0.2) is 72.9 Å². The van der Waals surface area contributed by atoms with Crippen LogP contribution in [0.1, 0.15) is 0 Å². The molecule has 0 fully saturated rings. The molecule has 0 spiro atoms. The van der Waals surface area contributed by atoms with Crippen LogP contribution in [0.3, 0.4) is 0 Å². The largest absolute Gasteiger partial charge is 0.490 e. The van der Waals surface area contributed by atoms with Crippen LogP contribution in [-0.4, -0.2) is 34.3 Å². The van der Waals surface area contributed by atoms with Gasteiger partial charge in [0.05, 0.1) is 15.8 Å². The third-order valence-electron chi connectivity index (χ3n) is 4.65. The average molecular weight is 389 g/mol. The number of aliphatic hydroxyl groups is 1. The number of aromatic nitrogens is 1. The van der Waals surface area contributed by atoms with Crippen LogP contribution >= 0.6 is 0 Å². The lowest BCUT2D eigenvalue weighted by atomic mass is 10.1. The predicted octanol–water partition coefficient (Wildman–Crippen LogP) is 4.15. The van der Waals surface area contributed by atoms with Gasteiger partial charge in [-0.15, -0.1) is 0 Å². The SMILES string of the molecule is O=[N+]([O-])c1c(NCC(O)COc2cccc3ccccc23)ccc2ncccc12. The molecule has 0 aliphatic heterocycles. The van der Waals surface area contributed by atoms with Gasteiger partial charge >= 0.3 is 5.69 Å². The van der Waals surface area contributed by atoms with Crippen LogP contribution in [0.4, 0.5) is 11.4 Å². The molecule has 0 saturated heterocycles. The number of nitrogens with zero attached hydrogens (tertiary/aromatic N) is 2. The lowest BCUT2D eigenvalue weighted by Crippen LogP contribution is -2.26. The van der Waals surface area contributed by atoms with Crippen LogP contribution in [0.2, 0.25) is 0 Å². The van der Waals surface area contributed by atoms with E-state index < -0.39 is 11.0 Å². The van der Waals surface area contributed by atoms with Gasteiger partial charge in [-0.05, 0) is 35.7 Å². The molecule has 2 N–H and O–H groups in total. The number of hydrogen-bond acceptors (Lipinski definition) is 6. The first kappa shape index (κ1) is 18.6. The lowest BCUT2D eigenvalue weighted by Gasteiger charge is -2.15. The first-order chi connectivity index (χ1) is 14.1. The van der Waals surface area contributed by atoms with Crippen molar-refractivity contribution in [2.45, 2.75) is 6.10 Å². The molecule has 1 unspecified atom stereocenters. The molecule has 1 heterocycles. The van der Waals surface area contributed by atoms with E-state index >= 15 is 0 Å². The summed E-state index contributed by atoms with van der Waals surface area (Å²) in [6.45, 7) is 0.168. The number of pyridine rings is 1. The highest BCUT2D eigenvalue weighted by molar-refractivity contribution is 5.94. The fraction of sp³-hybridized carbons (Fsp3) is 0.136. The molecule has 0 amide bonds. The minimum atomic E-state index is -0.849. The molecule has 3 aromatic carbocycles. The summed E-state index contributed by atoms with van der Waals surface area (Å²) in [6.07, 6.45) is 0.742. The van der Waals surface area contributed by atoms with E-state index in [1.54, 1.807) is 30.5 Å². The van der Waals surface area contributed by atoms with E-state index in [4.69, 9.17) is 4.74 Å². The van der Waals surface area contributed by atoms with Gasteiger partial charge in [0.25, 0.3) is 0 Å². The summed E-state index contributed by atoms with van der Waals surface area (Å²) in [5, 5.41) is 27.3. The summed E-state index contributed by atoms with van der Waals surface area (Å²) in [6, 6.07) is 20.2. The van der Waals surface area contributed by atoms with Crippen molar-refractivity contribution >= 4 is 33.1 Å². The molecule has 4 aromatic rings. The highest BCUT2D eigenvalue weighted by Gasteiger charge is 2.19. The molecule has 0 aliphatic carbocycles. The van der Waals surface area contributed by atoms with Gasteiger partial charge in [0.15, 0.2) is 0 Å². The van der Waals surface area contributed by atoms with Crippen LogP contribution < -0.4 is 10.1 Å². The molecule has 0 radical (unpaired) electrons. The number of fused-ring (bicyclic) bond motifs is 2. The molecule has 7 heteroatoms. The summed E-state index contributed by atoms with van der Waals surface area (Å²) in [5.41, 5.74) is 0.821. The molecular formula is C22H19N3O4. The highest BCUT2D eigenvalue weighted by Crippen LogP contribution is 2.32. The molecule has 0 aliphatic rings. The maximum absolute atomic E-state index is 11.6. The molecule has 0 saturated carbocycles. The van der Waals surface area contributed by atoms with Crippen molar-refractivity contribution in [3.63, 3.8) is 0 Å². The topological polar surface area (TPSA) is 97.5 Å². The fourth-order valence-electron chi connectivity index (χ4n) is 3.27. The normalized spacial score (nSPS) is 12.0. The minimum absolute atomic E-state index is 0.0576. The molecule has 146 valence electrons. The summed E-state index contributed by atoms with van der Waals surface area (Å²) in [5.74, 6) is 0.685. The van der Waals surface area contributed by atoms with Gasteiger partial charge in [-0.25, -0.2) is 0 Å². The van der Waals surface area contributed by atoms with Crippen molar-refractivity contribution in [2.24, 2.45) is 0 Å². The van der Waals surface area contributed by atoms with Crippen molar-refractivity contribution in [1.82, 2.24) is 4.98 Å². The van der Waals surface area contributed by atoms with Crippen molar-refractivity contribution in [2.75, 3.05) is 18.5 Å². The Labute approximate surface area is 166 Å². The van der Waals surface area contributed by atoms with Gasteiger partial charge < -0.3 is 15.2 Å². The summed E-state index contributed by atoms with van der Waals surface area (Å²) < 4.78 is 5.78. The number of nitro groups is 1. The lowest BCUT2D eigenvalue weighted by molar-refractivity contribution is -0.382. The molecule has 1 aromatic heterocycles. The van der Waals surface area contributed by atoms with Crippen LogP contribution in [0.5, 0.6) is 5.75 Å². The number of hydrogen-bond donors (Lipinski definition) is 2. The van der Waals surface area contributed by atoms with Gasteiger partial charge in [0, 0.05) is 18.1 Å². The van der Waals surface area contributed by atoms with Crippen molar-refractivity contribution in [3.8, 4) is 5.75 Å². The maximum Gasteiger partial charge on any atom is 0.301 e. The first-order valence-electron chi connectivity index (χ1n) is 9.18. The zero-order valence-electron chi connectivity index (χ0n) is 15.5. The first-order valence-corrected chi connectivity index (χ1v) is 9.18. The third kappa shape index (κ3) is 3.95. The predicted molar refractivity (Wildman–Crippen MR) is 112 cm³/mol. The number of ether oxygens (including phenoxy) is 1. The zero-order valence-corrected chi connectivity index (χ0v) is 15.5. The molecule has 29 heavy (non-hydrogen) atoms. The Morgan fingerprint density at radius 3 is 2.69 bits per heavy atom. The Morgan fingerprint density at radius 1 is 1.03 bits per heavy atom. The Morgan fingerprint density at radius 2 is 1.83 bits per heavy atom. The quantitative estimate of drug-likeness (QED) is 0.364. The molecule has 0 bridgehead atoms. The Kier molecular flexibility index (Phi) is 5.22.